The van der Waals surface area contributed by atoms with Crippen molar-refractivity contribution in [2.75, 3.05) is 5.32 Å². The number of benzene rings is 1. The van der Waals surface area contributed by atoms with Gasteiger partial charge >= 0.3 is 0 Å². The van der Waals surface area contributed by atoms with Crippen molar-refractivity contribution in [3.8, 4) is 17.7 Å². The lowest BCUT2D eigenvalue weighted by Crippen LogP contribution is -2.12. The van der Waals surface area contributed by atoms with Crippen LogP contribution in [0.25, 0.3) is 0 Å². The van der Waals surface area contributed by atoms with Crippen LogP contribution in [0.15, 0.2) is 48.9 Å². The number of pyridine rings is 1. The molecule has 0 saturated heterocycles. The summed E-state index contributed by atoms with van der Waals surface area (Å²) in [4.78, 5) is 16.3. The van der Waals surface area contributed by atoms with E-state index >= 15 is 0 Å². The number of ether oxygens (including phenoxy) is 1. The van der Waals surface area contributed by atoms with Crippen LogP contribution in [0.4, 0.5) is 5.69 Å². The van der Waals surface area contributed by atoms with Crippen molar-refractivity contribution < 1.29 is 9.53 Å². The van der Waals surface area contributed by atoms with Gasteiger partial charge in [-0.2, -0.15) is 10.4 Å². The van der Waals surface area contributed by atoms with Gasteiger partial charge in [0.1, 0.15) is 17.4 Å². The van der Waals surface area contributed by atoms with Crippen LogP contribution in [0.5, 0.6) is 11.6 Å². The zero-order valence-electron chi connectivity index (χ0n) is 13.7. The van der Waals surface area contributed by atoms with Crippen molar-refractivity contribution in [1.82, 2.24) is 14.8 Å². The Morgan fingerprint density at radius 1 is 1.36 bits per heavy atom. The van der Waals surface area contributed by atoms with E-state index in [1.807, 2.05) is 13.0 Å². The number of rotatable bonds is 4. The Hall–Kier alpha value is -3.66. The number of aromatic nitrogens is 3. The van der Waals surface area contributed by atoms with Crippen molar-refractivity contribution in [1.29, 1.82) is 5.26 Å². The molecule has 0 spiro atoms. The standard InChI is InChI=1S/C18H15N5O2/c1-12-8-15(25-18-13(9-19)4-3-7-20-18)5-6-16(12)22-17(24)14-10-21-23(2)11-14/h3-8,10-11H,1-2H3,(H,22,24). The van der Waals surface area contributed by atoms with Gasteiger partial charge in [-0.1, -0.05) is 0 Å². The number of carbonyl (C=O) groups is 1. The first-order valence-corrected chi connectivity index (χ1v) is 7.50. The zero-order chi connectivity index (χ0) is 17.8. The molecule has 2 heterocycles. The van der Waals surface area contributed by atoms with Gasteiger partial charge in [-0.25, -0.2) is 4.98 Å². The van der Waals surface area contributed by atoms with E-state index in [4.69, 9.17) is 10.00 Å². The molecule has 7 heteroatoms. The first-order valence-electron chi connectivity index (χ1n) is 7.50. The number of hydrogen-bond donors (Lipinski definition) is 1. The fourth-order valence-electron chi connectivity index (χ4n) is 2.24. The molecule has 1 N–H and O–H groups in total. The van der Waals surface area contributed by atoms with Gasteiger partial charge < -0.3 is 10.1 Å². The summed E-state index contributed by atoms with van der Waals surface area (Å²) < 4.78 is 7.24. The van der Waals surface area contributed by atoms with Gasteiger partial charge in [-0.3, -0.25) is 9.48 Å². The highest BCUT2D eigenvalue weighted by atomic mass is 16.5. The normalized spacial score (nSPS) is 10.1. The van der Waals surface area contributed by atoms with E-state index in [2.05, 4.69) is 15.4 Å². The fourth-order valence-corrected chi connectivity index (χ4v) is 2.24. The lowest BCUT2D eigenvalue weighted by atomic mass is 10.2. The summed E-state index contributed by atoms with van der Waals surface area (Å²) in [7, 11) is 1.75. The molecule has 3 aromatic rings. The predicted octanol–water partition coefficient (Wildman–Crippen LogP) is 3.04. The summed E-state index contributed by atoms with van der Waals surface area (Å²) >= 11 is 0. The SMILES string of the molecule is Cc1cc(Oc2ncccc2C#N)ccc1NC(=O)c1cnn(C)c1. The number of amides is 1. The number of nitriles is 1. The van der Waals surface area contributed by atoms with Crippen LogP contribution in [0, 0.1) is 18.3 Å². The van der Waals surface area contributed by atoms with Crippen molar-refractivity contribution in [3.63, 3.8) is 0 Å². The Labute approximate surface area is 144 Å². The monoisotopic (exact) mass is 333 g/mol. The Kier molecular flexibility index (Phi) is 4.44. The van der Waals surface area contributed by atoms with Crippen LogP contribution in [0.3, 0.4) is 0 Å². The van der Waals surface area contributed by atoms with Gasteiger partial charge in [-0.05, 0) is 42.8 Å². The summed E-state index contributed by atoms with van der Waals surface area (Å²) in [6.07, 6.45) is 4.71. The van der Waals surface area contributed by atoms with Crippen LogP contribution in [-0.4, -0.2) is 20.7 Å². The summed E-state index contributed by atoms with van der Waals surface area (Å²) in [6.45, 7) is 1.86. The quantitative estimate of drug-likeness (QED) is 0.792. The van der Waals surface area contributed by atoms with Gasteiger partial charge in [0.05, 0.1) is 11.8 Å². The summed E-state index contributed by atoms with van der Waals surface area (Å²) in [5.74, 6) is 0.546. The third-order valence-corrected chi connectivity index (χ3v) is 3.52. The minimum Gasteiger partial charge on any atom is -0.438 e. The Morgan fingerprint density at radius 3 is 2.88 bits per heavy atom. The van der Waals surface area contributed by atoms with E-state index in [0.29, 0.717) is 22.6 Å². The number of nitrogens with one attached hydrogen (secondary N) is 1. The van der Waals surface area contributed by atoms with Crippen molar-refractivity contribution >= 4 is 11.6 Å². The van der Waals surface area contributed by atoms with Gasteiger partial charge in [0, 0.05) is 25.1 Å². The molecule has 1 aromatic carbocycles. The van der Waals surface area contributed by atoms with Gasteiger partial charge in [-0.15, -0.1) is 0 Å². The van der Waals surface area contributed by atoms with E-state index in [1.54, 1.807) is 54.5 Å². The predicted molar refractivity (Wildman–Crippen MR) is 91.4 cm³/mol. The minimum atomic E-state index is -0.235. The number of hydrogen-bond acceptors (Lipinski definition) is 5. The highest BCUT2D eigenvalue weighted by Gasteiger charge is 2.11. The molecule has 0 fully saturated rings. The van der Waals surface area contributed by atoms with E-state index < -0.39 is 0 Å². The first-order chi connectivity index (χ1) is 12.1. The average molecular weight is 333 g/mol. The fraction of sp³-hybridized carbons (Fsp3) is 0.111. The molecule has 124 valence electrons. The summed E-state index contributed by atoms with van der Waals surface area (Å²) in [5.41, 5.74) is 2.33. The summed E-state index contributed by atoms with van der Waals surface area (Å²) in [5, 5.41) is 15.9. The lowest BCUT2D eigenvalue weighted by molar-refractivity contribution is 0.102. The molecule has 0 atom stereocenters. The molecule has 0 radical (unpaired) electrons. The number of nitrogens with zero attached hydrogens (tertiary/aromatic N) is 4. The Balaban J connectivity index is 1.77. The maximum atomic E-state index is 12.2. The highest BCUT2D eigenvalue weighted by molar-refractivity contribution is 6.04. The second-order valence-corrected chi connectivity index (χ2v) is 5.40. The molecule has 3 rings (SSSR count). The Morgan fingerprint density at radius 2 is 2.20 bits per heavy atom. The third-order valence-electron chi connectivity index (χ3n) is 3.52. The molecule has 25 heavy (non-hydrogen) atoms. The lowest BCUT2D eigenvalue weighted by Gasteiger charge is -2.11. The topological polar surface area (TPSA) is 92.8 Å². The molecule has 0 aliphatic carbocycles. The second kappa shape index (κ2) is 6.84. The van der Waals surface area contributed by atoms with E-state index in [1.165, 1.54) is 6.20 Å². The van der Waals surface area contributed by atoms with E-state index in [9.17, 15) is 4.79 Å². The van der Waals surface area contributed by atoms with Crippen LogP contribution >= 0.6 is 0 Å². The Bertz CT molecular complexity index is 972. The largest absolute Gasteiger partial charge is 0.438 e. The zero-order valence-corrected chi connectivity index (χ0v) is 13.7. The smallest absolute Gasteiger partial charge is 0.258 e. The molecule has 2 aromatic heterocycles. The van der Waals surface area contributed by atoms with Crippen molar-refractivity contribution in [2.24, 2.45) is 7.05 Å². The molecule has 0 bridgehead atoms. The number of aryl methyl sites for hydroxylation is 2. The van der Waals surface area contributed by atoms with Crippen LogP contribution in [0.1, 0.15) is 21.5 Å². The molecule has 0 aliphatic rings. The van der Waals surface area contributed by atoms with Crippen LogP contribution in [-0.2, 0) is 7.05 Å². The van der Waals surface area contributed by atoms with E-state index in [0.717, 1.165) is 5.56 Å². The van der Waals surface area contributed by atoms with Gasteiger partial charge in [0.25, 0.3) is 5.91 Å². The molecule has 0 unspecified atom stereocenters. The van der Waals surface area contributed by atoms with Crippen molar-refractivity contribution in [2.45, 2.75) is 6.92 Å². The van der Waals surface area contributed by atoms with Gasteiger partial charge in [0.15, 0.2) is 0 Å². The highest BCUT2D eigenvalue weighted by Crippen LogP contribution is 2.26. The summed E-state index contributed by atoms with van der Waals surface area (Å²) in [6, 6.07) is 10.6. The second-order valence-electron chi connectivity index (χ2n) is 5.40. The molecular formula is C18H15N5O2. The average Bonchev–Trinajstić information content (AvgIpc) is 3.04. The number of carbonyl (C=O) groups excluding carboxylic acids is 1. The first kappa shape index (κ1) is 16.2. The van der Waals surface area contributed by atoms with E-state index in [-0.39, 0.29) is 11.8 Å². The van der Waals surface area contributed by atoms with Gasteiger partial charge in [0.2, 0.25) is 5.88 Å². The van der Waals surface area contributed by atoms with Crippen LogP contribution < -0.4 is 10.1 Å². The number of anilines is 1. The molecule has 0 saturated carbocycles. The van der Waals surface area contributed by atoms with Crippen molar-refractivity contribution in [3.05, 3.63) is 65.6 Å². The molecule has 1 amide bonds. The maximum absolute atomic E-state index is 12.2. The molecule has 7 nitrogen and oxygen atoms in total. The third kappa shape index (κ3) is 3.64. The minimum absolute atomic E-state index is 0.235. The molecular weight excluding hydrogens is 318 g/mol. The molecule has 0 aliphatic heterocycles. The maximum Gasteiger partial charge on any atom is 0.258 e. The van der Waals surface area contributed by atoms with Crippen LogP contribution in [0.2, 0.25) is 0 Å².